The SMILES string of the molecule is O=C1Cc2ccccc2C(=O)N1Cc1cnc(-c2ccccc2)s1. The summed E-state index contributed by atoms with van der Waals surface area (Å²) in [5, 5.41) is 0.892. The highest BCUT2D eigenvalue weighted by molar-refractivity contribution is 7.15. The van der Waals surface area contributed by atoms with E-state index >= 15 is 0 Å². The minimum absolute atomic E-state index is 0.159. The predicted molar refractivity (Wildman–Crippen MR) is 92.6 cm³/mol. The molecule has 1 aliphatic rings. The summed E-state index contributed by atoms with van der Waals surface area (Å²) in [6.45, 7) is 0.274. The van der Waals surface area contributed by atoms with Crippen LogP contribution >= 0.6 is 11.3 Å². The summed E-state index contributed by atoms with van der Waals surface area (Å²) in [6.07, 6.45) is 2.01. The van der Waals surface area contributed by atoms with Gasteiger partial charge in [-0.25, -0.2) is 4.98 Å². The van der Waals surface area contributed by atoms with Crippen molar-refractivity contribution in [1.82, 2.24) is 9.88 Å². The zero-order valence-corrected chi connectivity index (χ0v) is 13.6. The van der Waals surface area contributed by atoms with Gasteiger partial charge in [-0.2, -0.15) is 0 Å². The largest absolute Gasteiger partial charge is 0.274 e. The molecule has 0 saturated heterocycles. The van der Waals surface area contributed by atoms with Gasteiger partial charge in [-0.1, -0.05) is 48.5 Å². The van der Waals surface area contributed by atoms with E-state index in [4.69, 9.17) is 0 Å². The number of nitrogens with zero attached hydrogens (tertiary/aromatic N) is 2. The van der Waals surface area contributed by atoms with Gasteiger partial charge in [-0.3, -0.25) is 14.5 Å². The summed E-state index contributed by atoms with van der Waals surface area (Å²) in [5.74, 6) is -0.384. The van der Waals surface area contributed by atoms with Crippen molar-refractivity contribution in [2.75, 3.05) is 0 Å². The Bertz CT molecular complexity index is 918. The van der Waals surface area contributed by atoms with Crippen LogP contribution in [0.4, 0.5) is 0 Å². The van der Waals surface area contributed by atoms with Crippen LogP contribution in [0.1, 0.15) is 20.8 Å². The molecule has 2 heterocycles. The Labute approximate surface area is 143 Å². The lowest BCUT2D eigenvalue weighted by atomic mass is 9.98. The third-order valence-corrected chi connectivity index (χ3v) is 5.06. The Balaban J connectivity index is 1.59. The van der Waals surface area contributed by atoms with Gasteiger partial charge in [-0.15, -0.1) is 11.3 Å². The Morgan fingerprint density at radius 3 is 2.58 bits per heavy atom. The van der Waals surface area contributed by atoms with Gasteiger partial charge in [0.1, 0.15) is 5.01 Å². The van der Waals surface area contributed by atoms with Gasteiger partial charge in [0.25, 0.3) is 5.91 Å². The minimum atomic E-state index is -0.225. The van der Waals surface area contributed by atoms with Crippen LogP contribution in [-0.4, -0.2) is 21.7 Å². The lowest BCUT2D eigenvalue weighted by Gasteiger charge is -2.26. The molecule has 1 aromatic heterocycles. The van der Waals surface area contributed by atoms with Crippen LogP contribution in [0.15, 0.2) is 60.8 Å². The van der Waals surface area contributed by atoms with Crippen molar-refractivity contribution < 1.29 is 9.59 Å². The third-order valence-electron chi connectivity index (χ3n) is 4.02. The third kappa shape index (κ3) is 2.63. The number of fused-ring (bicyclic) bond motifs is 1. The molecule has 4 nitrogen and oxygen atoms in total. The number of aromatic nitrogens is 1. The van der Waals surface area contributed by atoms with Crippen molar-refractivity contribution >= 4 is 23.2 Å². The lowest BCUT2D eigenvalue weighted by molar-refractivity contribution is -0.128. The lowest BCUT2D eigenvalue weighted by Crippen LogP contribution is -2.41. The van der Waals surface area contributed by atoms with Crippen LogP contribution < -0.4 is 0 Å². The molecule has 0 bridgehead atoms. The van der Waals surface area contributed by atoms with E-state index in [2.05, 4.69) is 4.98 Å². The molecular weight excluding hydrogens is 320 g/mol. The molecule has 3 aromatic rings. The number of rotatable bonds is 3. The van der Waals surface area contributed by atoms with Crippen molar-refractivity contribution in [3.63, 3.8) is 0 Å². The Kier molecular flexibility index (Phi) is 3.70. The molecule has 118 valence electrons. The molecular formula is C19H14N2O2S. The van der Waals surface area contributed by atoms with Crippen LogP contribution in [0.3, 0.4) is 0 Å². The van der Waals surface area contributed by atoms with Crippen LogP contribution in [0.25, 0.3) is 10.6 Å². The molecule has 1 aliphatic heterocycles. The van der Waals surface area contributed by atoms with E-state index in [0.29, 0.717) is 5.56 Å². The highest BCUT2D eigenvalue weighted by Crippen LogP contribution is 2.27. The standard InChI is InChI=1S/C19H14N2O2S/c22-17-10-14-8-4-5-9-16(14)19(23)21(17)12-15-11-20-18(24-15)13-6-2-1-3-7-13/h1-9,11H,10,12H2. The Hall–Kier alpha value is -2.79. The molecule has 2 amide bonds. The fourth-order valence-corrected chi connectivity index (χ4v) is 3.72. The first-order valence-corrected chi connectivity index (χ1v) is 8.47. The highest BCUT2D eigenvalue weighted by atomic mass is 32.1. The Morgan fingerprint density at radius 2 is 1.75 bits per heavy atom. The predicted octanol–water partition coefficient (Wildman–Crippen LogP) is 3.54. The van der Waals surface area contributed by atoms with Crippen LogP contribution in [0, 0.1) is 0 Å². The maximum Gasteiger partial charge on any atom is 0.261 e. The van der Waals surface area contributed by atoms with Crippen LogP contribution in [0.5, 0.6) is 0 Å². The van der Waals surface area contributed by atoms with Crippen molar-refractivity contribution in [3.8, 4) is 10.6 Å². The molecule has 0 unspecified atom stereocenters. The van der Waals surface area contributed by atoms with Gasteiger partial charge in [-0.05, 0) is 11.6 Å². The number of imide groups is 1. The first kappa shape index (κ1) is 14.8. The molecule has 24 heavy (non-hydrogen) atoms. The highest BCUT2D eigenvalue weighted by Gasteiger charge is 2.30. The maximum atomic E-state index is 12.6. The zero-order chi connectivity index (χ0) is 16.5. The van der Waals surface area contributed by atoms with Crippen LogP contribution in [-0.2, 0) is 17.8 Å². The molecule has 0 radical (unpaired) electrons. The normalized spacial score (nSPS) is 13.9. The van der Waals surface area contributed by atoms with E-state index in [1.54, 1.807) is 12.3 Å². The van der Waals surface area contributed by atoms with Crippen molar-refractivity contribution in [3.05, 3.63) is 76.8 Å². The van der Waals surface area contributed by atoms with Gasteiger partial charge < -0.3 is 0 Å². The molecule has 0 atom stereocenters. The number of amides is 2. The molecule has 0 spiro atoms. The van der Waals surface area contributed by atoms with Gasteiger partial charge in [0.2, 0.25) is 5.91 Å². The second-order valence-electron chi connectivity index (χ2n) is 5.62. The number of benzene rings is 2. The van der Waals surface area contributed by atoms with E-state index in [1.807, 2.05) is 48.5 Å². The number of hydrogen-bond acceptors (Lipinski definition) is 4. The van der Waals surface area contributed by atoms with Crippen molar-refractivity contribution in [2.45, 2.75) is 13.0 Å². The molecule has 0 aliphatic carbocycles. The number of hydrogen-bond donors (Lipinski definition) is 0. The maximum absolute atomic E-state index is 12.6. The Morgan fingerprint density at radius 1 is 1.00 bits per heavy atom. The monoisotopic (exact) mass is 334 g/mol. The van der Waals surface area contributed by atoms with E-state index in [-0.39, 0.29) is 24.8 Å². The smallest absolute Gasteiger partial charge is 0.261 e. The summed E-state index contributed by atoms with van der Waals surface area (Å²) in [6, 6.07) is 17.2. The number of thiazole rings is 1. The van der Waals surface area contributed by atoms with E-state index in [1.165, 1.54) is 16.2 Å². The second kappa shape index (κ2) is 6.02. The fraction of sp³-hybridized carbons (Fsp3) is 0.105. The summed E-state index contributed by atoms with van der Waals surface area (Å²) in [5.41, 5.74) is 2.46. The first-order valence-electron chi connectivity index (χ1n) is 7.65. The van der Waals surface area contributed by atoms with Gasteiger partial charge in [0, 0.05) is 22.2 Å². The van der Waals surface area contributed by atoms with E-state index in [9.17, 15) is 9.59 Å². The minimum Gasteiger partial charge on any atom is -0.274 e. The fourth-order valence-electron chi connectivity index (χ4n) is 2.81. The summed E-state index contributed by atoms with van der Waals surface area (Å²) in [4.78, 5) is 31.6. The molecule has 0 N–H and O–H groups in total. The van der Waals surface area contributed by atoms with Gasteiger partial charge in [0.15, 0.2) is 0 Å². The molecule has 0 fully saturated rings. The number of carbonyl (C=O) groups excluding carboxylic acids is 2. The van der Waals surface area contributed by atoms with Crippen molar-refractivity contribution in [2.24, 2.45) is 0 Å². The zero-order valence-electron chi connectivity index (χ0n) is 12.8. The molecule has 2 aromatic carbocycles. The first-order chi connectivity index (χ1) is 11.7. The van der Waals surface area contributed by atoms with Crippen molar-refractivity contribution in [1.29, 1.82) is 0 Å². The van der Waals surface area contributed by atoms with Gasteiger partial charge >= 0.3 is 0 Å². The van der Waals surface area contributed by atoms with Gasteiger partial charge in [0.05, 0.1) is 13.0 Å². The summed E-state index contributed by atoms with van der Waals surface area (Å²) < 4.78 is 0. The molecule has 5 heteroatoms. The average Bonchev–Trinajstić information content (AvgIpc) is 3.08. The van der Waals surface area contributed by atoms with Crippen LogP contribution in [0.2, 0.25) is 0 Å². The van der Waals surface area contributed by atoms with E-state index < -0.39 is 0 Å². The topological polar surface area (TPSA) is 50.3 Å². The quantitative estimate of drug-likeness (QED) is 0.689. The molecule has 4 rings (SSSR count). The second-order valence-corrected chi connectivity index (χ2v) is 6.73. The summed E-state index contributed by atoms with van der Waals surface area (Å²) in [7, 11) is 0. The molecule has 0 saturated carbocycles. The number of carbonyl (C=O) groups is 2. The summed E-state index contributed by atoms with van der Waals surface area (Å²) >= 11 is 1.51. The average molecular weight is 334 g/mol. The van der Waals surface area contributed by atoms with E-state index in [0.717, 1.165) is 21.0 Å².